The molecule has 0 aliphatic carbocycles. The first-order chi connectivity index (χ1) is 7.69. The van der Waals surface area contributed by atoms with Crippen molar-refractivity contribution in [2.75, 3.05) is 13.7 Å². The molecule has 0 saturated carbocycles. The number of thiophene rings is 1. The topological polar surface area (TPSA) is 53.3 Å². The van der Waals surface area contributed by atoms with Crippen molar-refractivity contribution >= 4 is 17.3 Å². The Hall–Kier alpha value is -1.38. The Morgan fingerprint density at radius 3 is 3.00 bits per heavy atom. The molecule has 1 aromatic rings. The fourth-order valence-corrected chi connectivity index (χ4v) is 2.06. The van der Waals surface area contributed by atoms with Crippen LogP contribution in [0.5, 0.6) is 0 Å². The Balaban J connectivity index is 2.60. The summed E-state index contributed by atoms with van der Waals surface area (Å²) in [5, 5.41) is 10.9. The Kier molecular flexibility index (Phi) is 4.96. The molecule has 0 amide bonds. The highest BCUT2D eigenvalue weighted by Gasteiger charge is 2.24. The molecule has 0 saturated heterocycles. The number of rotatable bonds is 5. The van der Waals surface area contributed by atoms with Crippen LogP contribution in [0.15, 0.2) is 17.5 Å². The molecular weight excluding hydrogens is 224 g/mol. The van der Waals surface area contributed by atoms with Gasteiger partial charge in [-0.2, -0.15) is 5.26 Å². The maximum atomic E-state index is 11.5. The van der Waals surface area contributed by atoms with Crippen LogP contribution in [0.1, 0.15) is 11.8 Å². The van der Waals surface area contributed by atoms with Crippen molar-refractivity contribution in [1.29, 1.82) is 5.26 Å². The molecule has 1 rings (SSSR count). The zero-order chi connectivity index (χ0) is 12.0. The quantitative estimate of drug-likeness (QED) is 0.732. The number of hydrogen-bond acceptors (Lipinski definition) is 5. The third-order valence-corrected chi connectivity index (χ3v) is 2.92. The summed E-state index contributed by atoms with van der Waals surface area (Å²) in [4.78, 5) is 14.3. The number of ether oxygens (including phenoxy) is 1. The predicted octanol–water partition coefficient (Wildman–Crippen LogP) is 1.64. The molecule has 86 valence electrons. The molecule has 0 N–H and O–H groups in total. The van der Waals surface area contributed by atoms with Crippen LogP contribution in [-0.2, 0) is 16.1 Å². The lowest BCUT2D eigenvalue weighted by Gasteiger charge is -2.19. The number of hydrogen-bond donors (Lipinski definition) is 0. The summed E-state index contributed by atoms with van der Waals surface area (Å²) in [6.07, 6.45) is 0. The van der Waals surface area contributed by atoms with E-state index in [1.165, 1.54) is 0 Å². The van der Waals surface area contributed by atoms with Gasteiger partial charge in [-0.15, -0.1) is 11.3 Å². The lowest BCUT2D eigenvalue weighted by Crippen LogP contribution is -2.37. The van der Waals surface area contributed by atoms with Crippen molar-refractivity contribution in [1.82, 2.24) is 4.90 Å². The SMILES string of the molecule is CCOC(=O)C(C#N)N(C)Cc1cccs1. The van der Waals surface area contributed by atoms with E-state index in [0.717, 1.165) is 4.88 Å². The van der Waals surface area contributed by atoms with E-state index in [1.807, 2.05) is 23.6 Å². The van der Waals surface area contributed by atoms with Gasteiger partial charge in [0.25, 0.3) is 0 Å². The van der Waals surface area contributed by atoms with Crippen LogP contribution in [0.4, 0.5) is 0 Å². The smallest absolute Gasteiger partial charge is 0.338 e. The van der Waals surface area contributed by atoms with E-state index in [1.54, 1.807) is 30.2 Å². The minimum absolute atomic E-state index is 0.295. The zero-order valence-electron chi connectivity index (χ0n) is 9.34. The van der Waals surface area contributed by atoms with Gasteiger partial charge in [-0.05, 0) is 25.4 Å². The van der Waals surface area contributed by atoms with Gasteiger partial charge in [0.1, 0.15) is 0 Å². The van der Waals surface area contributed by atoms with Crippen molar-refractivity contribution in [2.45, 2.75) is 19.5 Å². The average Bonchev–Trinajstić information content (AvgIpc) is 2.71. The molecule has 0 fully saturated rings. The number of carbonyl (C=O) groups excluding carboxylic acids is 1. The number of carbonyl (C=O) groups is 1. The number of esters is 1. The van der Waals surface area contributed by atoms with Crippen molar-refractivity contribution in [2.24, 2.45) is 0 Å². The van der Waals surface area contributed by atoms with Crippen LogP contribution >= 0.6 is 11.3 Å². The minimum Gasteiger partial charge on any atom is -0.464 e. The lowest BCUT2D eigenvalue weighted by atomic mass is 10.3. The first-order valence-corrected chi connectivity index (χ1v) is 5.86. The molecule has 1 aromatic heterocycles. The summed E-state index contributed by atoms with van der Waals surface area (Å²) in [5.74, 6) is -0.482. The molecule has 1 heterocycles. The first-order valence-electron chi connectivity index (χ1n) is 4.98. The number of likely N-dealkylation sites (N-methyl/N-ethyl adjacent to an activating group) is 1. The summed E-state index contributed by atoms with van der Waals surface area (Å²) < 4.78 is 4.84. The van der Waals surface area contributed by atoms with Crippen LogP contribution in [-0.4, -0.2) is 30.6 Å². The van der Waals surface area contributed by atoms with Gasteiger partial charge in [-0.25, -0.2) is 4.79 Å². The van der Waals surface area contributed by atoms with Gasteiger partial charge in [0.15, 0.2) is 6.04 Å². The van der Waals surface area contributed by atoms with Crippen molar-refractivity contribution in [3.8, 4) is 6.07 Å². The van der Waals surface area contributed by atoms with Gasteiger partial charge >= 0.3 is 5.97 Å². The summed E-state index contributed by atoms with van der Waals surface area (Å²) in [5.41, 5.74) is 0. The second-order valence-corrected chi connectivity index (χ2v) is 4.31. The summed E-state index contributed by atoms with van der Waals surface area (Å²) >= 11 is 1.60. The Morgan fingerprint density at radius 1 is 1.75 bits per heavy atom. The minimum atomic E-state index is -0.831. The molecular formula is C11H14N2O2S. The van der Waals surface area contributed by atoms with E-state index in [-0.39, 0.29) is 0 Å². The molecule has 0 radical (unpaired) electrons. The van der Waals surface area contributed by atoms with Crippen molar-refractivity contribution in [3.05, 3.63) is 22.4 Å². The predicted molar refractivity (Wildman–Crippen MR) is 61.8 cm³/mol. The Bertz CT molecular complexity index is 370. The largest absolute Gasteiger partial charge is 0.464 e. The molecule has 5 heteroatoms. The van der Waals surface area contributed by atoms with Gasteiger partial charge < -0.3 is 4.74 Å². The summed E-state index contributed by atoms with van der Waals surface area (Å²) in [6, 6.07) is 5.04. The molecule has 0 spiro atoms. The van der Waals surface area contributed by atoms with Crippen LogP contribution in [0.3, 0.4) is 0 Å². The molecule has 1 unspecified atom stereocenters. The third-order valence-electron chi connectivity index (χ3n) is 2.06. The second kappa shape index (κ2) is 6.26. The third kappa shape index (κ3) is 3.33. The fraction of sp³-hybridized carbons (Fsp3) is 0.455. The summed E-state index contributed by atoms with van der Waals surface area (Å²) in [6.45, 7) is 2.60. The number of nitriles is 1. The van der Waals surface area contributed by atoms with Gasteiger partial charge in [0, 0.05) is 11.4 Å². The highest BCUT2D eigenvalue weighted by atomic mass is 32.1. The lowest BCUT2D eigenvalue weighted by molar-refractivity contribution is -0.147. The zero-order valence-corrected chi connectivity index (χ0v) is 10.2. The fourth-order valence-electron chi connectivity index (χ4n) is 1.29. The normalized spacial score (nSPS) is 12.1. The number of nitrogens with zero attached hydrogens (tertiary/aromatic N) is 2. The van der Waals surface area contributed by atoms with E-state index in [2.05, 4.69) is 0 Å². The van der Waals surface area contributed by atoms with E-state index in [9.17, 15) is 4.79 Å². The van der Waals surface area contributed by atoms with Gasteiger partial charge in [0.05, 0.1) is 12.7 Å². The average molecular weight is 238 g/mol. The first kappa shape index (κ1) is 12.7. The maximum Gasteiger partial charge on any atom is 0.338 e. The highest BCUT2D eigenvalue weighted by Crippen LogP contribution is 2.12. The standard InChI is InChI=1S/C11H14N2O2S/c1-3-15-11(14)10(7-12)13(2)8-9-5-4-6-16-9/h4-6,10H,3,8H2,1-2H3. The Morgan fingerprint density at radius 2 is 2.50 bits per heavy atom. The van der Waals surface area contributed by atoms with Gasteiger partial charge in [-0.3, -0.25) is 4.90 Å². The van der Waals surface area contributed by atoms with Crippen molar-refractivity contribution < 1.29 is 9.53 Å². The van der Waals surface area contributed by atoms with E-state index >= 15 is 0 Å². The second-order valence-electron chi connectivity index (χ2n) is 3.28. The molecule has 4 nitrogen and oxygen atoms in total. The molecule has 0 aliphatic rings. The van der Waals surface area contributed by atoms with E-state index < -0.39 is 12.0 Å². The van der Waals surface area contributed by atoms with Crippen LogP contribution in [0, 0.1) is 11.3 Å². The van der Waals surface area contributed by atoms with Crippen LogP contribution < -0.4 is 0 Å². The highest BCUT2D eigenvalue weighted by molar-refractivity contribution is 7.09. The van der Waals surface area contributed by atoms with Crippen molar-refractivity contribution in [3.63, 3.8) is 0 Å². The Labute approximate surface area is 99.1 Å². The van der Waals surface area contributed by atoms with Gasteiger partial charge in [0.2, 0.25) is 0 Å². The maximum absolute atomic E-state index is 11.5. The molecule has 1 atom stereocenters. The molecule has 0 aromatic carbocycles. The van der Waals surface area contributed by atoms with E-state index in [0.29, 0.717) is 13.2 Å². The summed E-state index contributed by atoms with van der Waals surface area (Å²) in [7, 11) is 1.74. The van der Waals surface area contributed by atoms with E-state index in [4.69, 9.17) is 10.00 Å². The molecule has 16 heavy (non-hydrogen) atoms. The van der Waals surface area contributed by atoms with Gasteiger partial charge in [-0.1, -0.05) is 6.07 Å². The molecule has 0 bridgehead atoms. The van der Waals surface area contributed by atoms with Crippen LogP contribution in [0.25, 0.3) is 0 Å². The monoisotopic (exact) mass is 238 g/mol. The molecule has 0 aliphatic heterocycles. The van der Waals surface area contributed by atoms with Crippen LogP contribution in [0.2, 0.25) is 0 Å².